The Morgan fingerprint density at radius 3 is 2.88 bits per heavy atom. The van der Waals surface area contributed by atoms with E-state index in [1.54, 1.807) is 0 Å². The number of nitrogens with two attached hydrogens (primary N) is 1. The number of rotatable bonds is 6. The zero-order chi connectivity index (χ0) is 11.8. The highest BCUT2D eigenvalue weighted by atomic mass is 16.5. The fourth-order valence-corrected chi connectivity index (χ4v) is 0.996. The number of amidine groups is 1. The quantitative estimate of drug-likeness (QED) is 0.232. The van der Waals surface area contributed by atoms with Crippen molar-refractivity contribution in [2.24, 2.45) is 10.9 Å². The lowest BCUT2D eigenvalue weighted by molar-refractivity contribution is 0.108. The summed E-state index contributed by atoms with van der Waals surface area (Å²) in [6, 6.07) is 0. The maximum atomic E-state index is 8.54. The molecule has 0 aromatic carbocycles. The predicted octanol–water partition coefficient (Wildman–Crippen LogP) is -0.0136. The van der Waals surface area contributed by atoms with Gasteiger partial charge in [-0.2, -0.15) is 0 Å². The van der Waals surface area contributed by atoms with Crippen molar-refractivity contribution in [2.45, 2.75) is 6.92 Å². The number of aromatic nitrogens is 2. The maximum Gasteiger partial charge on any atom is 0.244 e. The third kappa shape index (κ3) is 3.35. The molecule has 0 bridgehead atoms. The summed E-state index contributed by atoms with van der Waals surface area (Å²) in [4.78, 5) is 7.84. The van der Waals surface area contributed by atoms with Gasteiger partial charge in [0.05, 0.1) is 6.61 Å². The molecule has 0 unspecified atom stereocenters. The van der Waals surface area contributed by atoms with E-state index < -0.39 is 0 Å². The zero-order valence-electron chi connectivity index (χ0n) is 8.96. The number of hydrogen-bond acceptors (Lipinski definition) is 6. The summed E-state index contributed by atoms with van der Waals surface area (Å²) < 4.78 is 10.4. The zero-order valence-corrected chi connectivity index (χ0v) is 8.96. The van der Waals surface area contributed by atoms with Gasteiger partial charge in [0.15, 0.2) is 11.5 Å². The van der Waals surface area contributed by atoms with E-state index in [4.69, 9.17) is 20.4 Å². The van der Waals surface area contributed by atoms with Crippen molar-refractivity contribution in [2.75, 3.05) is 19.8 Å². The first-order valence-corrected chi connectivity index (χ1v) is 4.79. The van der Waals surface area contributed by atoms with Gasteiger partial charge in [0, 0.05) is 19.0 Å². The minimum Gasteiger partial charge on any atom is -0.474 e. The number of oxime groups is 1. The minimum absolute atomic E-state index is 0.139. The van der Waals surface area contributed by atoms with Crippen LogP contribution in [0.1, 0.15) is 12.6 Å². The van der Waals surface area contributed by atoms with E-state index in [0.717, 1.165) is 0 Å². The lowest BCUT2D eigenvalue weighted by atomic mass is 10.4. The monoisotopic (exact) mass is 226 g/mol. The molecule has 7 heteroatoms. The normalized spacial score (nSPS) is 11.4. The SMILES string of the molecule is CCOCCOc1nccnc1C(N)=NO. The molecule has 88 valence electrons. The van der Waals surface area contributed by atoms with Gasteiger partial charge < -0.3 is 20.4 Å². The van der Waals surface area contributed by atoms with Crippen LogP contribution in [-0.4, -0.2) is 40.8 Å². The van der Waals surface area contributed by atoms with Crippen LogP contribution in [0.3, 0.4) is 0 Å². The summed E-state index contributed by atoms with van der Waals surface area (Å²) in [7, 11) is 0. The van der Waals surface area contributed by atoms with Gasteiger partial charge >= 0.3 is 0 Å². The molecule has 0 fully saturated rings. The van der Waals surface area contributed by atoms with Crippen LogP contribution in [0.25, 0.3) is 0 Å². The lowest BCUT2D eigenvalue weighted by Crippen LogP contribution is -2.18. The van der Waals surface area contributed by atoms with Crippen molar-refractivity contribution in [3.8, 4) is 5.88 Å². The van der Waals surface area contributed by atoms with Crippen molar-refractivity contribution in [1.82, 2.24) is 9.97 Å². The first-order valence-electron chi connectivity index (χ1n) is 4.79. The Bertz CT molecular complexity index is 356. The Hall–Kier alpha value is -1.89. The molecule has 0 atom stereocenters. The van der Waals surface area contributed by atoms with Crippen LogP contribution in [0.2, 0.25) is 0 Å². The van der Waals surface area contributed by atoms with E-state index >= 15 is 0 Å². The molecule has 7 nitrogen and oxygen atoms in total. The highest BCUT2D eigenvalue weighted by Gasteiger charge is 2.10. The van der Waals surface area contributed by atoms with Gasteiger partial charge in [0.1, 0.15) is 6.61 Å². The smallest absolute Gasteiger partial charge is 0.244 e. The Morgan fingerprint density at radius 2 is 2.19 bits per heavy atom. The molecule has 0 amide bonds. The molecular formula is C9H14N4O3. The number of nitrogens with zero attached hydrogens (tertiary/aromatic N) is 3. The topological polar surface area (TPSA) is 103 Å². The van der Waals surface area contributed by atoms with Gasteiger partial charge in [0.25, 0.3) is 0 Å². The summed E-state index contributed by atoms with van der Waals surface area (Å²) in [6.07, 6.45) is 2.90. The van der Waals surface area contributed by atoms with Gasteiger partial charge in [0.2, 0.25) is 5.88 Å². The van der Waals surface area contributed by atoms with Crippen LogP contribution < -0.4 is 10.5 Å². The predicted molar refractivity (Wildman–Crippen MR) is 56.5 cm³/mol. The van der Waals surface area contributed by atoms with Gasteiger partial charge in [-0.05, 0) is 6.92 Å². The Balaban J connectivity index is 2.64. The van der Waals surface area contributed by atoms with Crippen molar-refractivity contribution >= 4 is 5.84 Å². The van der Waals surface area contributed by atoms with Crippen LogP contribution in [0.15, 0.2) is 17.5 Å². The standard InChI is InChI=1S/C9H14N4O3/c1-2-15-5-6-16-9-7(8(10)13-14)11-3-4-12-9/h3-4,14H,2,5-6H2,1H3,(H2,10,13). The second-order valence-corrected chi connectivity index (χ2v) is 2.74. The molecule has 0 aliphatic rings. The highest BCUT2D eigenvalue weighted by Crippen LogP contribution is 2.10. The van der Waals surface area contributed by atoms with Crippen LogP contribution in [-0.2, 0) is 4.74 Å². The molecule has 1 aromatic heterocycles. The van der Waals surface area contributed by atoms with Crippen LogP contribution in [0, 0.1) is 0 Å². The Morgan fingerprint density at radius 1 is 1.44 bits per heavy atom. The van der Waals surface area contributed by atoms with E-state index in [9.17, 15) is 0 Å². The third-order valence-electron chi connectivity index (χ3n) is 1.69. The second kappa shape index (κ2) is 6.57. The van der Waals surface area contributed by atoms with Gasteiger partial charge in [-0.15, -0.1) is 0 Å². The van der Waals surface area contributed by atoms with E-state index in [-0.39, 0.29) is 17.4 Å². The molecule has 0 saturated carbocycles. The summed E-state index contributed by atoms with van der Waals surface area (Å²) in [5, 5.41) is 11.4. The van der Waals surface area contributed by atoms with Crippen LogP contribution in [0.5, 0.6) is 5.88 Å². The first-order chi connectivity index (χ1) is 7.79. The maximum absolute atomic E-state index is 8.54. The molecule has 1 rings (SSSR count). The molecule has 1 heterocycles. The van der Waals surface area contributed by atoms with E-state index in [0.29, 0.717) is 19.8 Å². The van der Waals surface area contributed by atoms with Crippen molar-refractivity contribution in [3.63, 3.8) is 0 Å². The minimum atomic E-state index is -0.139. The van der Waals surface area contributed by atoms with E-state index in [1.807, 2.05) is 6.92 Å². The second-order valence-electron chi connectivity index (χ2n) is 2.74. The van der Waals surface area contributed by atoms with Gasteiger partial charge in [-0.3, -0.25) is 0 Å². The Kier molecular flexibility index (Phi) is 5.00. The van der Waals surface area contributed by atoms with Gasteiger partial charge in [-0.1, -0.05) is 5.16 Å². The third-order valence-corrected chi connectivity index (χ3v) is 1.69. The van der Waals surface area contributed by atoms with E-state index in [2.05, 4.69) is 15.1 Å². The van der Waals surface area contributed by atoms with Crippen LogP contribution in [0.4, 0.5) is 0 Å². The summed E-state index contributed by atoms with van der Waals surface area (Å²) >= 11 is 0. The highest BCUT2D eigenvalue weighted by molar-refractivity contribution is 5.97. The van der Waals surface area contributed by atoms with Crippen molar-refractivity contribution in [3.05, 3.63) is 18.1 Å². The van der Waals surface area contributed by atoms with Crippen molar-refractivity contribution < 1.29 is 14.7 Å². The Labute approximate surface area is 92.9 Å². The fourth-order valence-electron chi connectivity index (χ4n) is 0.996. The first kappa shape index (κ1) is 12.2. The molecule has 0 radical (unpaired) electrons. The average Bonchev–Trinajstić information content (AvgIpc) is 2.34. The summed E-state index contributed by atoms with van der Waals surface area (Å²) in [6.45, 7) is 3.29. The molecule has 0 spiro atoms. The van der Waals surface area contributed by atoms with E-state index in [1.165, 1.54) is 12.4 Å². The number of ether oxygens (including phenoxy) is 2. The summed E-state index contributed by atoms with van der Waals surface area (Å²) in [5.74, 6) is 0.0806. The van der Waals surface area contributed by atoms with Crippen molar-refractivity contribution in [1.29, 1.82) is 0 Å². The molecular weight excluding hydrogens is 212 g/mol. The number of hydrogen-bond donors (Lipinski definition) is 2. The largest absolute Gasteiger partial charge is 0.474 e. The molecule has 3 N–H and O–H groups in total. The van der Waals surface area contributed by atoms with Crippen LogP contribution >= 0.6 is 0 Å². The summed E-state index contributed by atoms with van der Waals surface area (Å²) in [5.41, 5.74) is 5.62. The molecule has 1 aromatic rings. The fraction of sp³-hybridized carbons (Fsp3) is 0.444. The molecule has 0 saturated heterocycles. The molecule has 0 aliphatic carbocycles. The lowest BCUT2D eigenvalue weighted by Gasteiger charge is -2.07. The van der Waals surface area contributed by atoms with Gasteiger partial charge in [-0.25, -0.2) is 9.97 Å². The molecule has 16 heavy (non-hydrogen) atoms. The molecule has 0 aliphatic heterocycles. The average molecular weight is 226 g/mol.